The van der Waals surface area contributed by atoms with E-state index in [0.29, 0.717) is 11.1 Å². The highest BCUT2D eigenvalue weighted by molar-refractivity contribution is 7.85. The van der Waals surface area contributed by atoms with Gasteiger partial charge in [-0.1, -0.05) is 64.1 Å². The monoisotopic (exact) mass is 581 g/mol. The van der Waals surface area contributed by atoms with Crippen LogP contribution in [0.4, 0.5) is 0 Å². The van der Waals surface area contributed by atoms with Crippen LogP contribution in [0.1, 0.15) is 36.5 Å². The van der Waals surface area contributed by atoms with Crippen molar-refractivity contribution in [2.45, 2.75) is 24.7 Å². The van der Waals surface area contributed by atoms with Crippen LogP contribution in [-0.4, -0.2) is 26.2 Å². The zero-order valence-corrected chi connectivity index (χ0v) is 22.5. The molecule has 3 aromatic rings. The van der Waals surface area contributed by atoms with E-state index in [1.54, 1.807) is 26.0 Å². The first-order valence-electron chi connectivity index (χ1n) is 9.96. The Balaban J connectivity index is 2.53. The first-order valence-corrected chi connectivity index (χ1v) is 13.3. The second-order valence-corrected chi connectivity index (χ2v) is 10.5. The lowest BCUT2D eigenvalue weighted by atomic mass is 9.84. The SMILES string of the molecule is CCOc1c(Cl)cc(Cl)cc1C(c1ccc(Cl)cc1S(=O)(=O)[O-])c1cc(Cl)cc(Cl)c1OCC. The molecular formula is C23H18Cl5O5S-. The van der Waals surface area contributed by atoms with Crippen LogP contribution in [0.25, 0.3) is 0 Å². The highest BCUT2D eigenvalue weighted by atomic mass is 35.5. The molecule has 0 amide bonds. The maximum absolute atomic E-state index is 12.3. The second kappa shape index (κ2) is 11.1. The normalized spacial score (nSPS) is 11.7. The maximum atomic E-state index is 12.3. The van der Waals surface area contributed by atoms with Crippen molar-refractivity contribution in [1.82, 2.24) is 0 Å². The van der Waals surface area contributed by atoms with Crippen molar-refractivity contribution in [3.8, 4) is 11.5 Å². The molecule has 0 heterocycles. The van der Waals surface area contributed by atoms with Crippen LogP contribution in [0.2, 0.25) is 25.1 Å². The van der Waals surface area contributed by atoms with E-state index in [-0.39, 0.29) is 55.4 Å². The number of hydrogen-bond acceptors (Lipinski definition) is 5. The zero-order valence-electron chi connectivity index (χ0n) is 17.9. The third kappa shape index (κ3) is 5.88. The molecule has 0 radical (unpaired) electrons. The predicted octanol–water partition coefficient (Wildman–Crippen LogP) is 7.84. The smallest absolute Gasteiger partial charge is 0.142 e. The lowest BCUT2D eigenvalue weighted by Crippen LogP contribution is -2.14. The summed E-state index contributed by atoms with van der Waals surface area (Å²) < 4.78 is 48.5. The minimum absolute atomic E-state index is 0.0697. The topological polar surface area (TPSA) is 75.7 Å². The van der Waals surface area contributed by atoms with Crippen LogP contribution in [-0.2, 0) is 10.1 Å². The van der Waals surface area contributed by atoms with Gasteiger partial charge in [-0.2, -0.15) is 0 Å². The van der Waals surface area contributed by atoms with Gasteiger partial charge in [-0.3, -0.25) is 0 Å². The lowest BCUT2D eigenvalue weighted by molar-refractivity contribution is 0.331. The molecule has 34 heavy (non-hydrogen) atoms. The summed E-state index contributed by atoms with van der Waals surface area (Å²) >= 11 is 31.6. The van der Waals surface area contributed by atoms with Crippen LogP contribution < -0.4 is 9.47 Å². The first kappa shape index (κ1) is 27.2. The summed E-state index contributed by atoms with van der Waals surface area (Å²) in [6.07, 6.45) is 0. The molecule has 0 saturated carbocycles. The van der Waals surface area contributed by atoms with E-state index in [2.05, 4.69) is 0 Å². The number of benzene rings is 3. The summed E-state index contributed by atoms with van der Waals surface area (Å²) in [5.74, 6) is -0.478. The molecule has 0 aliphatic carbocycles. The Bertz CT molecular complexity index is 1270. The lowest BCUT2D eigenvalue weighted by Gasteiger charge is -2.27. The van der Waals surface area contributed by atoms with Crippen LogP contribution in [0.15, 0.2) is 47.4 Å². The highest BCUT2D eigenvalue weighted by Gasteiger charge is 2.30. The third-order valence-electron chi connectivity index (χ3n) is 4.83. The molecule has 0 N–H and O–H groups in total. The largest absolute Gasteiger partial charge is 0.744 e. The van der Waals surface area contributed by atoms with Crippen molar-refractivity contribution < 1.29 is 22.4 Å². The van der Waals surface area contributed by atoms with Gasteiger partial charge in [-0.05, 0) is 55.8 Å². The van der Waals surface area contributed by atoms with Crippen molar-refractivity contribution in [2.75, 3.05) is 13.2 Å². The molecule has 0 aliphatic rings. The fraction of sp³-hybridized carbons (Fsp3) is 0.217. The number of halogens is 5. The minimum atomic E-state index is -4.96. The molecule has 0 saturated heterocycles. The molecule has 5 nitrogen and oxygen atoms in total. The molecule has 0 fully saturated rings. The van der Waals surface area contributed by atoms with E-state index < -0.39 is 20.9 Å². The highest BCUT2D eigenvalue weighted by Crippen LogP contribution is 2.49. The molecule has 11 heteroatoms. The minimum Gasteiger partial charge on any atom is -0.744 e. The molecule has 0 spiro atoms. The number of rotatable bonds is 8. The van der Waals surface area contributed by atoms with Crippen molar-refractivity contribution in [3.05, 3.63) is 84.3 Å². The molecular weight excluding hydrogens is 566 g/mol. The Morgan fingerprint density at radius 3 is 1.62 bits per heavy atom. The van der Waals surface area contributed by atoms with E-state index in [1.165, 1.54) is 24.3 Å². The van der Waals surface area contributed by atoms with Crippen molar-refractivity contribution >= 4 is 68.1 Å². The Hall–Kier alpha value is -1.38. The van der Waals surface area contributed by atoms with Gasteiger partial charge < -0.3 is 14.0 Å². The van der Waals surface area contributed by atoms with E-state index >= 15 is 0 Å². The molecule has 0 bridgehead atoms. The van der Waals surface area contributed by atoms with Crippen molar-refractivity contribution in [3.63, 3.8) is 0 Å². The van der Waals surface area contributed by atoms with E-state index in [0.717, 1.165) is 6.07 Å². The van der Waals surface area contributed by atoms with Crippen LogP contribution >= 0.6 is 58.0 Å². The molecule has 0 atom stereocenters. The molecule has 3 rings (SSSR count). The van der Waals surface area contributed by atoms with Crippen LogP contribution in [0.5, 0.6) is 11.5 Å². The first-order chi connectivity index (χ1) is 16.0. The van der Waals surface area contributed by atoms with Gasteiger partial charge in [0.1, 0.15) is 21.6 Å². The van der Waals surface area contributed by atoms with Crippen LogP contribution in [0, 0.1) is 0 Å². The average molecular weight is 584 g/mol. The number of ether oxygens (including phenoxy) is 2. The number of hydrogen-bond donors (Lipinski definition) is 0. The molecule has 182 valence electrons. The Morgan fingerprint density at radius 1 is 0.735 bits per heavy atom. The van der Waals surface area contributed by atoms with Crippen molar-refractivity contribution in [1.29, 1.82) is 0 Å². The Morgan fingerprint density at radius 2 is 1.21 bits per heavy atom. The van der Waals surface area contributed by atoms with Crippen LogP contribution in [0.3, 0.4) is 0 Å². The second-order valence-electron chi connectivity index (χ2n) is 7.05. The summed E-state index contributed by atoms with van der Waals surface area (Å²) in [6, 6.07) is 10.1. The fourth-order valence-corrected chi connectivity index (χ4v) is 5.76. The molecule has 3 aromatic carbocycles. The van der Waals surface area contributed by atoms with Gasteiger partial charge in [-0.15, -0.1) is 0 Å². The maximum Gasteiger partial charge on any atom is 0.142 e. The van der Waals surface area contributed by atoms with Gasteiger partial charge in [0.15, 0.2) is 0 Å². The Labute approximate surface area is 223 Å². The quantitative estimate of drug-likeness (QED) is 0.200. The van der Waals surface area contributed by atoms with E-state index in [1.807, 2.05) is 0 Å². The summed E-state index contributed by atoms with van der Waals surface area (Å²) in [5, 5.41) is 0.988. The molecule has 0 unspecified atom stereocenters. The Kier molecular flexibility index (Phi) is 8.90. The average Bonchev–Trinajstić information content (AvgIpc) is 2.73. The predicted molar refractivity (Wildman–Crippen MR) is 136 cm³/mol. The third-order valence-corrected chi connectivity index (χ3v) is 6.95. The summed E-state index contributed by atoms with van der Waals surface area (Å²) in [7, 11) is -4.96. The molecule has 0 aromatic heterocycles. The van der Waals surface area contributed by atoms with Gasteiger partial charge in [0.2, 0.25) is 0 Å². The van der Waals surface area contributed by atoms with Gasteiger partial charge in [0.05, 0.1) is 28.2 Å². The summed E-state index contributed by atoms with van der Waals surface area (Å²) in [4.78, 5) is -0.526. The van der Waals surface area contributed by atoms with Gasteiger partial charge in [0, 0.05) is 32.1 Å². The summed E-state index contributed by atoms with van der Waals surface area (Å²) in [6.45, 7) is 4.04. The van der Waals surface area contributed by atoms with E-state index in [4.69, 9.17) is 67.5 Å². The van der Waals surface area contributed by atoms with Crippen molar-refractivity contribution in [2.24, 2.45) is 0 Å². The summed E-state index contributed by atoms with van der Waals surface area (Å²) in [5.41, 5.74) is 0.856. The van der Waals surface area contributed by atoms with E-state index in [9.17, 15) is 13.0 Å². The standard InChI is InChI=1S/C23H19Cl5O5S/c1-3-32-22-16(7-13(25)9-18(22)27)21(15-6-5-12(24)11-20(15)34(29,30)31)17-8-14(26)10-19(28)23(17)33-4-2/h5-11,21H,3-4H2,1-2H3,(H,29,30,31)/p-1. The van der Waals surface area contributed by atoms with Gasteiger partial charge >= 0.3 is 0 Å². The zero-order chi connectivity index (χ0) is 25.2. The fourth-order valence-electron chi connectivity index (χ4n) is 3.65. The molecule has 0 aliphatic heterocycles. The van der Waals surface area contributed by atoms with Gasteiger partial charge in [-0.25, -0.2) is 8.42 Å². The van der Waals surface area contributed by atoms with Gasteiger partial charge in [0.25, 0.3) is 0 Å².